The van der Waals surface area contributed by atoms with Crippen LogP contribution in [0.2, 0.25) is 0 Å². The topological polar surface area (TPSA) is 38.3 Å². The van der Waals surface area contributed by atoms with Crippen molar-refractivity contribution in [2.24, 2.45) is 0 Å². The lowest BCUT2D eigenvalue weighted by atomic mass is 10.4. The van der Waals surface area contributed by atoms with Crippen molar-refractivity contribution < 1.29 is 9.53 Å². The van der Waals surface area contributed by atoms with Crippen LogP contribution in [0.3, 0.4) is 0 Å². The number of alkyl halides is 1. The fraction of sp³-hybridized carbons (Fsp3) is 0.875. The van der Waals surface area contributed by atoms with E-state index in [1.54, 1.807) is 6.92 Å². The number of ether oxygens (including phenoxy) is 1. The molecule has 0 aromatic carbocycles. The van der Waals surface area contributed by atoms with Crippen molar-refractivity contribution in [1.29, 1.82) is 0 Å². The van der Waals surface area contributed by atoms with E-state index in [1.807, 2.05) is 6.92 Å². The van der Waals surface area contributed by atoms with Crippen LogP contribution in [0.25, 0.3) is 0 Å². The molecular formula is C8H16ClNO2. The molecule has 0 saturated carbocycles. The Labute approximate surface area is 78.4 Å². The molecule has 0 aliphatic rings. The molecule has 1 atom stereocenters. The van der Waals surface area contributed by atoms with Gasteiger partial charge in [-0.2, -0.15) is 0 Å². The molecule has 0 aliphatic heterocycles. The minimum atomic E-state index is -0.447. The molecule has 0 aromatic rings. The Morgan fingerprint density at radius 2 is 2.33 bits per heavy atom. The molecule has 0 radical (unpaired) electrons. The van der Waals surface area contributed by atoms with Crippen molar-refractivity contribution in [3.63, 3.8) is 0 Å². The summed E-state index contributed by atoms with van der Waals surface area (Å²) in [6.07, 6.45) is 0.836. The number of halogens is 1. The standard InChI is InChI=1S/C8H16ClNO2/c1-3-12-6-4-5-10-8(11)7(2)9/h7H,3-6H2,1-2H3,(H,10,11)/t7-/m1/s1. The molecule has 72 valence electrons. The highest BCUT2D eigenvalue weighted by atomic mass is 35.5. The van der Waals surface area contributed by atoms with Crippen LogP contribution in [0.5, 0.6) is 0 Å². The van der Waals surface area contributed by atoms with Gasteiger partial charge in [-0.3, -0.25) is 4.79 Å². The van der Waals surface area contributed by atoms with Gasteiger partial charge < -0.3 is 10.1 Å². The molecule has 0 unspecified atom stereocenters. The van der Waals surface area contributed by atoms with E-state index < -0.39 is 5.38 Å². The van der Waals surface area contributed by atoms with E-state index in [9.17, 15) is 4.79 Å². The molecule has 4 heteroatoms. The molecule has 12 heavy (non-hydrogen) atoms. The van der Waals surface area contributed by atoms with Gasteiger partial charge in [-0.25, -0.2) is 0 Å². The molecule has 1 N–H and O–H groups in total. The first-order valence-electron chi connectivity index (χ1n) is 4.18. The van der Waals surface area contributed by atoms with Crippen LogP contribution in [0.4, 0.5) is 0 Å². The second kappa shape index (κ2) is 7.37. The Bertz CT molecular complexity index is 128. The van der Waals surface area contributed by atoms with Gasteiger partial charge >= 0.3 is 0 Å². The highest BCUT2D eigenvalue weighted by molar-refractivity contribution is 6.30. The zero-order valence-electron chi connectivity index (χ0n) is 7.60. The van der Waals surface area contributed by atoms with Gasteiger partial charge in [-0.1, -0.05) is 0 Å². The Hall–Kier alpha value is -0.280. The minimum Gasteiger partial charge on any atom is -0.382 e. The third-order valence-corrected chi connectivity index (χ3v) is 1.53. The van der Waals surface area contributed by atoms with Gasteiger partial charge in [-0.05, 0) is 20.3 Å². The van der Waals surface area contributed by atoms with Crippen LogP contribution in [-0.2, 0) is 9.53 Å². The molecule has 0 spiro atoms. The predicted octanol–water partition coefficient (Wildman–Crippen LogP) is 1.16. The summed E-state index contributed by atoms with van der Waals surface area (Å²) in [4.78, 5) is 10.9. The van der Waals surface area contributed by atoms with Gasteiger partial charge in [0.15, 0.2) is 0 Å². The summed E-state index contributed by atoms with van der Waals surface area (Å²) in [7, 11) is 0. The van der Waals surface area contributed by atoms with E-state index in [2.05, 4.69) is 5.32 Å². The molecule has 0 aliphatic carbocycles. The minimum absolute atomic E-state index is 0.117. The van der Waals surface area contributed by atoms with Crippen molar-refractivity contribution in [2.75, 3.05) is 19.8 Å². The summed E-state index contributed by atoms with van der Waals surface area (Å²) in [5.74, 6) is -0.117. The summed E-state index contributed by atoms with van der Waals surface area (Å²) in [5, 5.41) is 2.24. The normalized spacial score (nSPS) is 12.6. The first kappa shape index (κ1) is 11.7. The second-order valence-corrected chi connectivity index (χ2v) is 3.11. The molecule has 0 rings (SSSR count). The molecule has 1 amide bonds. The lowest BCUT2D eigenvalue weighted by Gasteiger charge is -2.05. The van der Waals surface area contributed by atoms with Crippen molar-refractivity contribution in [3.8, 4) is 0 Å². The first-order chi connectivity index (χ1) is 5.68. The van der Waals surface area contributed by atoms with Crippen molar-refractivity contribution in [2.45, 2.75) is 25.6 Å². The van der Waals surface area contributed by atoms with Crippen molar-refractivity contribution >= 4 is 17.5 Å². The third-order valence-electron chi connectivity index (χ3n) is 1.33. The van der Waals surface area contributed by atoms with Gasteiger partial charge in [0.25, 0.3) is 0 Å². The molecule has 0 saturated heterocycles. The van der Waals surface area contributed by atoms with E-state index in [4.69, 9.17) is 16.3 Å². The second-order valence-electron chi connectivity index (χ2n) is 2.46. The Balaban J connectivity index is 3.14. The molecule has 0 fully saturated rings. The highest BCUT2D eigenvalue weighted by Gasteiger charge is 2.06. The van der Waals surface area contributed by atoms with Gasteiger partial charge in [0.05, 0.1) is 0 Å². The number of hydrogen-bond donors (Lipinski definition) is 1. The van der Waals surface area contributed by atoms with Crippen molar-refractivity contribution in [1.82, 2.24) is 5.32 Å². The van der Waals surface area contributed by atoms with Gasteiger partial charge in [0.1, 0.15) is 5.38 Å². The summed E-state index contributed by atoms with van der Waals surface area (Å²) >= 11 is 5.53. The monoisotopic (exact) mass is 193 g/mol. The van der Waals surface area contributed by atoms with Gasteiger partial charge in [0.2, 0.25) is 5.91 Å². The first-order valence-corrected chi connectivity index (χ1v) is 4.61. The van der Waals surface area contributed by atoms with E-state index in [1.165, 1.54) is 0 Å². The number of hydrogen-bond acceptors (Lipinski definition) is 2. The van der Waals surface area contributed by atoms with E-state index >= 15 is 0 Å². The largest absolute Gasteiger partial charge is 0.382 e. The Kier molecular flexibility index (Phi) is 7.20. The number of rotatable bonds is 6. The van der Waals surface area contributed by atoms with E-state index in [0.29, 0.717) is 13.2 Å². The van der Waals surface area contributed by atoms with Crippen LogP contribution in [-0.4, -0.2) is 31.0 Å². The van der Waals surface area contributed by atoms with Crippen LogP contribution >= 0.6 is 11.6 Å². The predicted molar refractivity (Wildman–Crippen MR) is 49.4 cm³/mol. The zero-order valence-corrected chi connectivity index (χ0v) is 8.36. The average molecular weight is 194 g/mol. The fourth-order valence-electron chi connectivity index (χ4n) is 0.671. The maximum absolute atomic E-state index is 10.9. The summed E-state index contributed by atoms with van der Waals surface area (Å²) in [5.41, 5.74) is 0. The number of carbonyl (C=O) groups is 1. The highest BCUT2D eigenvalue weighted by Crippen LogP contribution is 1.92. The fourth-order valence-corrected chi connectivity index (χ4v) is 0.748. The smallest absolute Gasteiger partial charge is 0.237 e. The summed E-state index contributed by atoms with van der Waals surface area (Å²) in [6.45, 7) is 5.64. The van der Waals surface area contributed by atoms with Crippen molar-refractivity contribution in [3.05, 3.63) is 0 Å². The Morgan fingerprint density at radius 1 is 1.67 bits per heavy atom. The van der Waals surface area contributed by atoms with Crippen LogP contribution < -0.4 is 5.32 Å². The lowest BCUT2D eigenvalue weighted by Crippen LogP contribution is -2.30. The maximum atomic E-state index is 10.9. The van der Waals surface area contributed by atoms with E-state index in [-0.39, 0.29) is 5.91 Å². The van der Waals surface area contributed by atoms with Crippen LogP contribution in [0.1, 0.15) is 20.3 Å². The number of nitrogens with one attached hydrogen (secondary N) is 1. The quantitative estimate of drug-likeness (QED) is 0.508. The molecule has 0 aromatic heterocycles. The Morgan fingerprint density at radius 3 is 2.83 bits per heavy atom. The SMILES string of the molecule is CCOCCCNC(=O)[C@@H](C)Cl. The summed E-state index contributed by atoms with van der Waals surface area (Å²) in [6, 6.07) is 0. The average Bonchev–Trinajstić information content (AvgIpc) is 2.03. The maximum Gasteiger partial charge on any atom is 0.237 e. The summed E-state index contributed by atoms with van der Waals surface area (Å²) < 4.78 is 5.09. The third kappa shape index (κ3) is 6.43. The molecular weight excluding hydrogens is 178 g/mol. The zero-order chi connectivity index (χ0) is 9.40. The van der Waals surface area contributed by atoms with E-state index in [0.717, 1.165) is 13.0 Å². The molecule has 3 nitrogen and oxygen atoms in total. The number of carbonyl (C=O) groups excluding carboxylic acids is 1. The van der Waals surface area contributed by atoms with Gasteiger partial charge in [0, 0.05) is 19.8 Å². The number of amides is 1. The van der Waals surface area contributed by atoms with Crippen LogP contribution in [0, 0.1) is 0 Å². The lowest BCUT2D eigenvalue weighted by molar-refractivity contribution is -0.120. The molecule has 0 bridgehead atoms. The van der Waals surface area contributed by atoms with Crippen LogP contribution in [0.15, 0.2) is 0 Å². The van der Waals surface area contributed by atoms with Gasteiger partial charge in [-0.15, -0.1) is 11.6 Å². The molecule has 0 heterocycles.